The van der Waals surface area contributed by atoms with Crippen LogP contribution in [0.15, 0.2) is 78.9 Å². The minimum atomic E-state index is -1.15. The number of hydrogen-bond donors (Lipinski definition) is 4. The van der Waals surface area contributed by atoms with Crippen molar-refractivity contribution in [1.82, 2.24) is 25.2 Å². The minimum Gasteiger partial charge on any atom is -0.443 e. The van der Waals surface area contributed by atoms with Crippen LogP contribution in [0.4, 0.5) is 4.79 Å². The van der Waals surface area contributed by atoms with E-state index < -0.39 is 35.5 Å². The first-order valence-corrected chi connectivity index (χ1v) is 13.4. The third-order valence-corrected chi connectivity index (χ3v) is 6.40. The minimum absolute atomic E-state index is 0.0764. The fourth-order valence-corrected chi connectivity index (χ4v) is 4.16. The number of primary amides is 1. The van der Waals surface area contributed by atoms with Crippen LogP contribution in [0.25, 0.3) is 5.65 Å². The maximum absolute atomic E-state index is 12.9. The number of fused-ring (bicyclic) bond motifs is 1. The molecule has 0 spiro atoms. The largest absolute Gasteiger partial charge is 0.443 e. The number of hydrogen-bond acceptors (Lipinski definition) is 8. The number of benzene rings is 2. The molecule has 0 fully saturated rings. The first kappa shape index (κ1) is 30.2. The molecule has 0 aliphatic heterocycles. The van der Waals surface area contributed by atoms with Crippen molar-refractivity contribution in [2.45, 2.75) is 51.1 Å². The summed E-state index contributed by atoms with van der Waals surface area (Å²) >= 11 is 0. The Morgan fingerprint density at radius 2 is 1.55 bits per heavy atom. The highest BCUT2D eigenvalue weighted by Gasteiger charge is 2.29. The molecule has 0 saturated heterocycles. The zero-order valence-corrected chi connectivity index (χ0v) is 23.5. The van der Waals surface area contributed by atoms with Crippen LogP contribution in [-0.2, 0) is 38.7 Å². The molecular weight excluding hydrogens is 538 g/mol. The Bertz CT molecular complexity index is 1500. The zero-order chi connectivity index (χ0) is 30.1. The quantitative estimate of drug-likeness (QED) is 0.188. The molecule has 4 rings (SSSR count). The third kappa shape index (κ3) is 8.12. The molecule has 6 N–H and O–H groups in total. The summed E-state index contributed by atoms with van der Waals surface area (Å²) in [5, 5.41) is 14.0. The van der Waals surface area contributed by atoms with Crippen LogP contribution in [0.2, 0.25) is 0 Å². The summed E-state index contributed by atoms with van der Waals surface area (Å²) in [6.07, 6.45) is -0.597. The molecule has 0 bridgehead atoms. The predicted molar refractivity (Wildman–Crippen MR) is 155 cm³/mol. The Hall–Kier alpha value is -4.81. The molecule has 42 heavy (non-hydrogen) atoms. The predicted octanol–water partition coefficient (Wildman–Crippen LogP) is 2.16. The molecule has 2 aromatic carbocycles. The number of rotatable bonds is 13. The number of carbonyl (C=O) groups excluding carboxylic acids is 3. The number of ether oxygens (including phenoxy) is 2. The number of nitrogens with two attached hydrogens (primary N) is 2. The number of alkyl carbamates (subject to hydrolysis) is 1. The van der Waals surface area contributed by atoms with Crippen LogP contribution < -0.4 is 22.1 Å². The van der Waals surface area contributed by atoms with Crippen molar-refractivity contribution in [2.75, 3.05) is 6.61 Å². The number of nitrogens with zero attached hydrogens (tertiary/aromatic N) is 3. The van der Waals surface area contributed by atoms with Gasteiger partial charge in [-0.1, -0.05) is 66.7 Å². The highest BCUT2D eigenvalue weighted by Crippen LogP contribution is 2.19. The van der Waals surface area contributed by atoms with E-state index in [0.29, 0.717) is 23.8 Å². The smallest absolute Gasteiger partial charge is 0.408 e. The molecule has 0 aliphatic carbocycles. The topological polar surface area (TPSA) is 176 Å². The standard InChI is InChI=1S/C30H35N7O5/c1-30(2,32)28(39)33-24(19-41-17-21-12-7-4-8-13-21)27-36-35-25-15-9-14-22(37(25)27)18-42-29(40)34-23(26(31)38)16-20-10-5-3-6-11-20/h3-15,23-24H,16-19,32H2,1-2H3,(H2,31,38)(H,33,39)(H,34,40)/t23-,24-/m1/s1. The van der Waals surface area contributed by atoms with Crippen molar-refractivity contribution in [1.29, 1.82) is 0 Å². The van der Waals surface area contributed by atoms with Crippen LogP contribution in [0.3, 0.4) is 0 Å². The fourth-order valence-electron chi connectivity index (χ4n) is 4.16. The lowest BCUT2D eigenvalue weighted by molar-refractivity contribution is -0.126. The summed E-state index contributed by atoms with van der Waals surface area (Å²) in [5.41, 5.74) is 13.2. The summed E-state index contributed by atoms with van der Waals surface area (Å²) in [6.45, 7) is 3.41. The van der Waals surface area contributed by atoms with E-state index in [2.05, 4.69) is 20.8 Å². The highest BCUT2D eigenvalue weighted by molar-refractivity contribution is 5.85. The van der Waals surface area contributed by atoms with Gasteiger partial charge in [-0.15, -0.1) is 10.2 Å². The van der Waals surface area contributed by atoms with Crippen molar-refractivity contribution in [3.8, 4) is 0 Å². The van der Waals surface area contributed by atoms with Crippen molar-refractivity contribution >= 4 is 23.6 Å². The average molecular weight is 574 g/mol. The molecule has 2 aromatic heterocycles. The summed E-state index contributed by atoms with van der Waals surface area (Å²) in [4.78, 5) is 37.5. The second kappa shape index (κ2) is 13.7. The van der Waals surface area contributed by atoms with Gasteiger partial charge >= 0.3 is 6.09 Å². The monoisotopic (exact) mass is 573 g/mol. The Balaban J connectivity index is 1.51. The lowest BCUT2D eigenvalue weighted by Gasteiger charge is -2.24. The number of carbonyl (C=O) groups is 3. The van der Waals surface area contributed by atoms with Gasteiger partial charge in [-0.25, -0.2) is 4.79 Å². The van der Waals surface area contributed by atoms with E-state index in [1.54, 1.807) is 36.4 Å². The highest BCUT2D eigenvalue weighted by atomic mass is 16.5. The number of aromatic nitrogens is 3. The zero-order valence-electron chi connectivity index (χ0n) is 23.5. The van der Waals surface area contributed by atoms with Gasteiger partial charge in [0.15, 0.2) is 11.5 Å². The number of nitrogens with one attached hydrogen (secondary N) is 2. The molecule has 0 saturated carbocycles. The van der Waals surface area contributed by atoms with Gasteiger partial charge in [0.1, 0.15) is 18.7 Å². The lowest BCUT2D eigenvalue weighted by Crippen LogP contribution is -2.51. The van der Waals surface area contributed by atoms with Gasteiger partial charge in [-0.05, 0) is 37.1 Å². The second-order valence-electron chi connectivity index (χ2n) is 10.4. The molecule has 0 unspecified atom stereocenters. The molecule has 12 nitrogen and oxygen atoms in total. The van der Waals surface area contributed by atoms with Crippen LogP contribution in [0.1, 0.15) is 42.5 Å². The Kier molecular flexibility index (Phi) is 9.84. The average Bonchev–Trinajstić information content (AvgIpc) is 3.40. The van der Waals surface area contributed by atoms with Gasteiger partial charge in [-0.2, -0.15) is 0 Å². The van der Waals surface area contributed by atoms with Gasteiger partial charge < -0.3 is 31.6 Å². The summed E-state index contributed by atoms with van der Waals surface area (Å²) in [7, 11) is 0. The molecule has 4 aromatic rings. The summed E-state index contributed by atoms with van der Waals surface area (Å²) in [6, 6.07) is 22.3. The summed E-state index contributed by atoms with van der Waals surface area (Å²) in [5.74, 6) is -0.721. The van der Waals surface area contributed by atoms with Crippen LogP contribution in [-0.4, -0.2) is 50.7 Å². The third-order valence-electron chi connectivity index (χ3n) is 6.40. The van der Waals surface area contributed by atoms with Crippen molar-refractivity contribution < 1.29 is 23.9 Å². The van der Waals surface area contributed by atoms with E-state index in [0.717, 1.165) is 11.1 Å². The molecule has 2 atom stereocenters. The fraction of sp³-hybridized carbons (Fsp3) is 0.300. The van der Waals surface area contributed by atoms with Crippen molar-refractivity contribution in [2.24, 2.45) is 11.5 Å². The molecule has 0 radical (unpaired) electrons. The molecule has 2 heterocycles. The van der Waals surface area contributed by atoms with Crippen molar-refractivity contribution in [3.63, 3.8) is 0 Å². The van der Waals surface area contributed by atoms with Crippen molar-refractivity contribution in [3.05, 3.63) is 102 Å². The van der Waals surface area contributed by atoms with E-state index in [1.165, 1.54) is 0 Å². The normalized spacial score (nSPS) is 12.8. The lowest BCUT2D eigenvalue weighted by atomic mass is 10.1. The van der Waals surface area contributed by atoms with Crippen LogP contribution >= 0.6 is 0 Å². The van der Waals surface area contributed by atoms with E-state index in [9.17, 15) is 14.4 Å². The number of amides is 3. The van der Waals surface area contributed by atoms with Gasteiger partial charge in [-0.3, -0.25) is 14.0 Å². The molecular formula is C30H35N7O5. The molecule has 12 heteroatoms. The first-order chi connectivity index (χ1) is 20.1. The van der Waals surface area contributed by atoms with Crippen LogP contribution in [0, 0.1) is 0 Å². The van der Waals surface area contributed by atoms with Gasteiger partial charge in [0.25, 0.3) is 0 Å². The maximum Gasteiger partial charge on any atom is 0.408 e. The van der Waals surface area contributed by atoms with Gasteiger partial charge in [0, 0.05) is 6.42 Å². The Morgan fingerprint density at radius 1 is 0.881 bits per heavy atom. The van der Waals surface area contributed by atoms with E-state index in [4.69, 9.17) is 20.9 Å². The first-order valence-electron chi connectivity index (χ1n) is 13.4. The van der Waals surface area contributed by atoms with Crippen LogP contribution in [0.5, 0.6) is 0 Å². The molecule has 0 aliphatic rings. The second-order valence-corrected chi connectivity index (χ2v) is 10.4. The van der Waals surface area contributed by atoms with E-state index in [1.807, 2.05) is 60.7 Å². The molecule has 3 amide bonds. The Labute approximate surface area is 243 Å². The summed E-state index contributed by atoms with van der Waals surface area (Å²) < 4.78 is 13.1. The number of pyridine rings is 1. The van der Waals surface area contributed by atoms with E-state index >= 15 is 0 Å². The van der Waals surface area contributed by atoms with E-state index in [-0.39, 0.29) is 19.6 Å². The maximum atomic E-state index is 12.9. The SMILES string of the molecule is CC(C)(N)C(=O)N[C@H](COCc1ccccc1)c1nnc2cccc(COC(=O)N[C@H](Cc3ccccc3)C(N)=O)n12. The molecule has 220 valence electrons. The van der Waals surface area contributed by atoms with Gasteiger partial charge in [0.05, 0.1) is 24.4 Å². The van der Waals surface area contributed by atoms with Gasteiger partial charge in [0.2, 0.25) is 11.8 Å². The Morgan fingerprint density at radius 3 is 2.19 bits per heavy atom.